The Morgan fingerprint density at radius 3 is 2.51 bits per heavy atom. The first-order chi connectivity index (χ1) is 19.7. The number of halogens is 1. The molecule has 12 nitrogen and oxygen atoms in total. The maximum atomic E-state index is 13.6. The second-order valence-electron chi connectivity index (χ2n) is 9.25. The molecule has 0 radical (unpaired) electrons. The Labute approximate surface area is 240 Å². The number of hydrogen-bond donors (Lipinski definition) is 3. The predicted molar refractivity (Wildman–Crippen MR) is 158 cm³/mol. The van der Waals surface area contributed by atoms with Crippen LogP contribution in [0.25, 0.3) is 22.2 Å². The van der Waals surface area contributed by atoms with Crippen LogP contribution in [0.15, 0.2) is 59.1 Å². The molecule has 0 saturated carbocycles. The molecule has 0 aliphatic carbocycles. The topological polar surface area (TPSA) is 140 Å². The van der Waals surface area contributed by atoms with Gasteiger partial charge < -0.3 is 20.1 Å². The zero-order chi connectivity index (χ0) is 29.4. The smallest absolute Gasteiger partial charge is 0.259 e. The molecule has 1 amide bonds. The summed E-state index contributed by atoms with van der Waals surface area (Å²) in [5.41, 5.74) is 5.19. The van der Waals surface area contributed by atoms with Gasteiger partial charge in [0.2, 0.25) is 17.7 Å². The number of aryl methyl sites for hydroxylation is 1. The van der Waals surface area contributed by atoms with E-state index in [1.54, 1.807) is 50.2 Å². The predicted octanol–water partition coefficient (Wildman–Crippen LogP) is 2.93. The number of fused-ring (bicyclic) bond motifs is 1. The fourth-order valence-electron chi connectivity index (χ4n) is 4.58. The minimum atomic E-state index is -0.377. The maximum absolute atomic E-state index is 13.6. The van der Waals surface area contributed by atoms with Gasteiger partial charge in [-0.3, -0.25) is 14.2 Å². The molecule has 41 heavy (non-hydrogen) atoms. The third kappa shape index (κ3) is 4.94. The van der Waals surface area contributed by atoms with E-state index in [0.29, 0.717) is 55.6 Å². The number of amidine groups is 1. The second kappa shape index (κ2) is 10.9. The van der Waals surface area contributed by atoms with Crippen LogP contribution in [0.2, 0.25) is 5.02 Å². The molecule has 0 unspecified atom stereocenters. The molecule has 2 aromatic carbocycles. The van der Waals surface area contributed by atoms with Crippen molar-refractivity contribution in [2.45, 2.75) is 6.92 Å². The lowest BCUT2D eigenvalue weighted by atomic mass is 9.99. The van der Waals surface area contributed by atoms with Gasteiger partial charge in [-0.05, 0) is 42.4 Å². The van der Waals surface area contributed by atoms with E-state index in [1.807, 2.05) is 25.0 Å². The first-order valence-corrected chi connectivity index (χ1v) is 12.8. The number of nitrogens with one attached hydrogen (secondary N) is 2. The molecule has 13 heteroatoms. The average Bonchev–Trinajstić information content (AvgIpc) is 2.96. The van der Waals surface area contributed by atoms with E-state index < -0.39 is 0 Å². The fourth-order valence-corrected chi connectivity index (χ4v) is 4.95. The molecule has 0 saturated heterocycles. The summed E-state index contributed by atoms with van der Waals surface area (Å²) < 4.78 is 12.3. The molecule has 1 aliphatic heterocycles. The molecular weight excluding hydrogens is 548 g/mol. The summed E-state index contributed by atoms with van der Waals surface area (Å²) in [5, 5.41) is 13.0. The largest absolute Gasteiger partial charge is 0.496 e. The Bertz CT molecular complexity index is 1790. The van der Waals surface area contributed by atoms with Crippen LogP contribution in [0.4, 0.5) is 17.3 Å². The van der Waals surface area contributed by atoms with Crippen LogP contribution < -0.4 is 31.2 Å². The highest BCUT2D eigenvalue weighted by molar-refractivity contribution is 6.35. The molecular formula is C28H28ClN8O4+. The molecule has 1 aliphatic rings. The van der Waals surface area contributed by atoms with Crippen molar-refractivity contribution in [2.75, 3.05) is 31.9 Å². The van der Waals surface area contributed by atoms with Gasteiger partial charge in [0.05, 0.1) is 37.7 Å². The number of nitrogens with zero attached hydrogens (tertiary/aromatic N) is 5. The summed E-state index contributed by atoms with van der Waals surface area (Å²) >= 11 is 6.66. The van der Waals surface area contributed by atoms with Crippen LogP contribution >= 0.6 is 11.6 Å². The van der Waals surface area contributed by atoms with Gasteiger partial charge in [-0.15, -0.1) is 5.53 Å². The number of benzene rings is 2. The van der Waals surface area contributed by atoms with Crippen molar-refractivity contribution in [3.63, 3.8) is 0 Å². The minimum absolute atomic E-state index is 0.228. The molecule has 4 N–H and O–H groups in total. The van der Waals surface area contributed by atoms with E-state index in [1.165, 1.54) is 17.8 Å². The number of carbonyl (C=O) groups excluding carboxylic acids is 1. The van der Waals surface area contributed by atoms with E-state index in [9.17, 15) is 9.59 Å². The highest BCUT2D eigenvalue weighted by Crippen LogP contribution is 2.42. The summed E-state index contributed by atoms with van der Waals surface area (Å²) in [7, 11) is 6.56. The summed E-state index contributed by atoms with van der Waals surface area (Å²) in [4.78, 5) is 34.8. The van der Waals surface area contributed by atoms with E-state index in [4.69, 9.17) is 21.1 Å². The first-order valence-electron chi connectivity index (χ1n) is 12.4. The number of amides is 1. The molecule has 0 atom stereocenters. The van der Waals surface area contributed by atoms with Crippen LogP contribution in [-0.2, 0) is 11.8 Å². The lowest BCUT2D eigenvalue weighted by Crippen LogP contribution is -2.96. The first kappa shape index (κ1) is 27.6. The number of carbonyl (C=O) groups is 1. The van der Waals surface area contributed by atoms with Gasteiger partial charge >= 0.3 is 0 Å². The van der Waals surface area contributed by atoms with Gasteiger partial charge in [0, 0.05) is 47.0 Å². The monoisotopic (exact) mass is 575 g/mol. The molecule has 0 fully saturated rings. The van der Waals surface area contributed by atoms with Crippen molar-refractivity contribution in [2.24, 2.45) is 12.1 Å². The van der Waals surface area contributed by atoms with Gasteiger partial charge in [0.1, 0.15) is 17.1 Å². The van der Waals surface area contributed by atoms with Crippen LogP contribution in [0.3, 0.4) is 0 Å². The number of hydrogen-bond acceptors (Lipinski definition) is 9. The van der Waals surface area contributed by atoms with Crippen molar-refractivity contribution in [1.29, 1.82) is 0 Å². The quantitative estimate of drug-likeness (QED) is 0.215. The fraction of sp³-hybridized carbons (Fsp3) is 0.179. The highest BCUT2D eigenvalue weighted by Gasteiger charge is 2.24. The molecule has 0 spiro atoms. The van der Waals surface area contributed by atoms with E-state index in [0.717, 1.165) is 11.4 Å². The Hall–Kier alpha value is -4.94. The molecule has 5 rings (SSSR count). The number of quaternary nitrogens is 1. The summed E-state index contributed by atoms with van der Waals surface area (Å²) in [5.74, 6) is 1.55. The number of aromatic nitrogens is 3. The second-order valence-corrected chi connectivity index (χ2v) is 9.63. The van der Waals surface area contributed by atoms with Crippen LogP contribution in [0.1, 0.15) is 11.1 Å². The SMILES string of the molecule is C=CC(=O)Nc1cc(C2=N[NH2+]N2C)ccc1Nc1ncc2cc(-c3c(C)c(OC)cc(OC)c3Cl)c(=O)n(C)c2n1. The zero-order valence-electron chi connectivity index (χ0n) is 23.1. The Balaban J connectivity index is 1.57. The van der Waals surface area contributed by atoms with Gasteiger partial charge in [-0.2, -0.15) is 9.99 Å². The lowest BCUT2D eigenvalue weighted by molar-refractivity contribution is -0.812. The van der Waals surface area contributed by atoms with E-state index >= 15 is 0 Å². The maximum Gasteiger partial charge on any atom is 0.259 e. The van der Waals surface area contributed by atoms with Gasteiger partial charge in [0.15, 0.2) is 0 Å². The number of nitrogens with two attached hydrogens (primary N) is 1. The summed E-state index contributed by atoms with van der Waals surface area (Å²) in [6.45, 7) is 5.36. The summed E-state index contributed by atoms with van der Waals surface area (Å²) in [6.07, 6.45) is 2.79. The Morgan fingerprint density at radius 2 is 1.88 bits per heavy atom. The lowest BCUT2D eigenvalue weighted by Gasteiger charge is -2.22. The van der Waals surface area contributed by atoms with Crippen molar-refractivity contribution in [3.05, 3.63) is 75.7 Å². The minimum Gasteiger partial charge on any atom is -0.496 e. The average molecular weight is 576 g/mol. The summed E-state index contributed by atoms with van der Waals surface area (Å²) in [6, 6.07) is 8.84. The van der Waals surface area contributed by atoms with Crippen LogP contribution in [-0.4, -0.2) is 52.6 Å². The van der Waals surface area contributed by atoms with Gasteiger partial charge in [0.25, 0.3) is 5.56 Å². The van der Waals surface area contributed by atoms with Crippen molar-refractivity contribution in [1.82, 2.24) is 19.5 Å². The molecule has 0 bridgehead atoms. The number of ether oxygens (including phenoxy) is 2. The van der Waals surface area contributed by atoms with E-state index in [-0.39, 0.29) is 17.4 Å². The standard InChI is InChI=1S/C28H27ClN8O4/c1-7-22(38)31-19-11-15(26-34-35-37(26)4)8-9-18(19)32-28-30-13-16-10-17(27(39)36(3)25(16)33-28)23-14(2)20(40-5)12-21(41-6)24(23)29/h7-13,35H,1H2,2-6H3,(H,31,38)(H,30,32,33)/p+1. The van der Waals surface area contributed by atoms with Crippen LogP contribution in [0.5, 0.6) is 11.5 Å². The Kier molecular flexibility index (Phi) is 7.35. The molecule has 3 heterocycles. The number of pyridine rings is 1. The van der Waals surface area contributed by atoms with E-state index in [2.05, 4.69) is 32.3 Å². The third-order valence-electron chi connectivity index (χ3n) is 6.76. The van der Waals surface area contributed by atoms with Gasteiger partial charge in [-0.25, -0.2) is 4.98 Å². The van der Waals surface area contributed by atoms with Gasteiger partial charge in [-0.1, -0.05) is 18.2 Å². The third-order valence-corrected chi connectivity index (χ3v) is 7.13. The van der Waals surface area contributed by atoms with Crippen molar-refractivity contribution < 1.29 is 19.8 Å². The number of rotatable bonds is 8. The molecule has 210 valence electrons. The Morgan fingerprint density at radius 1 is 1.12 bits per heavy atom. The highest BCUT2D eigenvalue weighted by atomic mass is 35.5. The number of anilines is 3. The van der Waals surface area contributed by atoms with Crippen LogP contribution in [0, 0.1) is 6.92 Å². The molecule has 4 aromatic rings. The van der Waals surface area contributed by atoms with Crippen molar-refractivity contribution in [3.8, 4) is 22.6 Å². The normalized spacial score (nSPS) is 12.4. The molecule has 2 aromatic heterocycles. The van der Waals surface area contributed by atoms with Crippen molar-refractivity contribution >= 4 is 51.7 Å². The zero-order valence-corrected chi connectivity index (χ0v) is 23.8. The number of methoxy groups -OCH3 is 2.